The molecule has 0 amide bonds. The van der Waals surface area contributed by atoms with Crippen molar-refractivity contribution in [3.63, 3.8) is 0 Å². The van der Waals surface area contributed by atoms with Crippen LogP contribution in [0.2, 0.25) is 0 Å². The van der Waals surface area contributed by atoms with E-state index >= 15 is 0 Å². The number of ketones is 1. The van der Waals surface area contributed by atoms with Gasteiger partial charge >= 0.3 is 0 Å². The molecule has 0 aliphatic carbocycles. The molecule has 2 aromatic carbocycles. The largest absolute Gasteiger partial charge is 0.295 e. The van der Waals surface area contributed by atoms with Crippen molar-refractivity contribution in [1.82, 2.24) is 0 Å². The van der Waals surface area contributed by atoms with E-state index in [0.29, 0.717) is 5.56 Å². The smallest absolute Gasteiger partial charge is 0.159 e. The Morgan fingerprint density at radius 3 is 2.39 bits per heavy atom. The predicted molar refractivity (Wildman–Crippen MR) is 82.9 cm³/mol. The Balaban J connectivity index is 2.19. The van der Waals surface area contributed by atoms with E-state index in [1.54, 1.807) is 19.1 Å². The molecule has 0 atom stereocenters. The normalized spacial score (nSPS) is 10.8. The molecule has 3 heteroatoms. The van der Waals surface area contributed by atoms with Crippen molar-refractivity contribution in [2.45, 2.75) is 6.92 Å². The topological polar surface area (TPSA) is 29.4 Å². The lowest BCUT2D eigenvalue weighted by molar-refractivity contribution is 0.101. The van der Waals surface area contributed by atoms with Crippen LogP contribution in [-0.2, 0) is 0 Å². The summed E-state index contributed by atoms with van der Waals surface area (Å²) < 4.78 is 1.17. The molecule has 0 aliphatic heterocycles. The van der Waals surface area contributed by atoms with Crippen LogP contribution in [0, 0.1) is 3.57 Å². The van der Waals surface area contributed by atoms with Gasteiger partial charge in [0.2, 0.25) is 0 Å². The number of Topliss-reactive ketones (excluding diaryl/α,β-unsaturated/α-hetero) is 1. The fourth-order valence-corrected chi connectivity index (χ4v) is 2.03. The second kappa shape index (κ2) is 5.91. The first-order valence-corrected chi connectivity index (χ1v) is 6.64. The summed E-state index contributed by atoms with van der Waals surface area (Å²) in [6.45, 7) is 1.56. The Labute approximate surface area is 120 Å². The average Bonchev–Trinajstić information content (AvgIpc) is 2.38. The molecule has 0 bridgehead atoms. The number of aliphatic imine (C=N–C) groups is 1. The molecule has 0 saturated carbocycles. The molecule has 0 N–H and O–H groups in total. The highest BCUT2D eigenvalue weighted by molar-refractivity contribution is 14.1. The van der Waals surface area contributed by atoms with Gasteiger partial charge in [0, 0.05) is 20.9 Å². The van der Waals surface area contributed by atoms with Gasteiger partial charge in [-0.2, -0.15) is 0 Å². The third-order valence-corrected chi connectivity index (χ3v) is 3.51. The summed E-state index contributed by atoms with van der Waals surface area (Å²) in [7, 11) is 0. The molecule has 0 aliphatic rings. The van der Waals surface area contributed by atoms with Gasteiger partial charge < -0.3 is 0 Å². The SMILES string of the molecule is CC(=O)c1ccc(N=Cc2ccccc2I)cc1. The van der Waals surface area contributed by atoms with Crippen LogP contribution in [0.15, 0.2) is 53.5 Å². The van der Waals surface area contributed by atoms with Crippen molar-refractivity contribution in [2.24, 2.45) is 4.99 Å². The predicted octanol–water partition coefficient (Wildman–Crippen LogP) is 4.24. The highest BCUT2D eigenvalue weighted by atomic mass is 127. The van der Waals surface area contributed by atoms with Gasteiger partial charge in [-0.05, 0) is 59.8 Å². The van der Waals surface area contributed by atoms with E-state index in [1.165, 1.54) is 3.57 Å². The zero-order valence-corrected chi connectivity index (χ0v) is 12.1. The maximum Gasteiger partial charge on any atom is 0.159 e. The Morgan fingerprint density at radius 1 is 1.11 bits per heavy atom. The van der Waals surface area contributed by atoms with Crippen LogP contribution in [-0.4, -0.2) is 12.0 Å². The molecule has 0 saturated heterocycles. The first kappa shape index (κ1) is 13.0. The summed E-state index contributed by atoms with van der Waals surface area (Å²) >= 11 is 2.28. The number of rotatable bonds is 3. The standard InChI is InChI=1S/C15H12INO/c1-11(18)12-6-8-14(9-7-12)17-10-13-4-2-3-5-15(13)16/h2-10H,1H3. The number of nitrogens with zero attached hydrogens (tertiary/aromatic N) is 1. The number of hydrogen-bond donors (Lipinski definition) is 0. The maximum atomic E-state index is 11.1. The van der Waals surface area contributed by atoms with Gasteiger partial charge in [-0.1, -0.05) is 18.2 Å². The van der Waals surface area contributed by atoms with E-state index in [2.05, 4.69) is 27.6 Å². The van der Waals surface area contributed by atoms with Crippen molar-refractivity contribution < 1.29 is 4.79 Å². The van der Waals surface area contributed by atoms with E-state index in [-0.39, 0.29) is 5.78 Å². The number of benzene rings is 2. The van der Waals surface area contributed by atoms with E-state index in [1.807, 2.05) is 42.6 Å². The Bertz CT molecular complexity index is 588. The lowest BCUT2D eigenvalue weighted by Gasteiger charge is -1.98. The zero-order chi connectivity index (χ0) is 13.0. The number of hydrogen-bond acceptors (Lipinski definition) is 2. The van der Waals surface area contributed by atoms with Gasteiger partial charge in [-0.3, -0.25) is 9.79 Å². The molecule has 0 aromatic heterocycles. The van der Waals surface area contributed by atoms with Gasteiger partial charge in [0.15, 0.2) is 5.78 Å². The van der Waals surface area contributed by atoms with Crippen LogP contribution in [0.4, 0.5) is 5.69 Å². The third-order valence-electron chi connectivity index (χ3n) is 2.53. The zero-order valence-electron chi connectivity index (χ0n) is 9.93. The van der Waals surface area contributed by atoms with Crippen LogP contribution in [0.5, 0.6) is 0 Å². The summed E-state index contributed by atoms with van der Waals surface area (Å²) in [5, 5.41) is 0. The van der Waals surface area contributed by atoms with Crippen molar-refractivity contribution in [3.05, 3.63) is 63.2 Å². The van der Waals surface area contributed by atoms with E-state index in [4.69, 9.17) is 0 Å². The minimum Gasteiger partial charge on any atom is -0.295 e. The lowest BCUT2D eigenvalue weighted by atomic mass is 10.1. The van der Waals surface area contributed by atoms with E-state index < -0.39 is 0 Å². The molecule has 2 aromatic rings. The first-order valence-electron chi connectivity index (χ1n) is 5.56. The van der Waals surface area contributed by atoms with Crippen LogP contribution in [0.25, 0.3) is 0 Å². The van der Waals surface area contributed by atoms with Gasteiger partial charge in [0.1, 0.15) is 0 Å². The van der Waals surface area contributed by atoms with Crippen LogP contribution < -0.4 is 0 Å². The van der Waals surface area contributed by atoms with Crippen LogP contribution in [0.1, 0.15) is 22.8 Å². The maximum absolute atomic E-state index is 11.1. The summed E-state index contributed by atoms with van der Waals surface area (Å²) in [6.07, 6.45) is 1.84. The molecular weight excluding hydrogens is 337 g/mol. The van der Waals surface area contributed by atoms with Gasteiger partial charge in [0.05, 0.1) is 5.69 Å². The monoisotopic (exact) mass is 349 g/mol. The Hall–Kier alpha value is -1.49. The van der Waals surface area contributed by atoms with E-state index in [0.717, 1.165) is 11.3 Å². The van der Waals surface area contributed by atoms with Crippen molar-refractivity contribution in [3.8, 4) is 0 Å². The molecule has 0 spiro atoms. The highest BCUT2D eigenvalue weighted by Gasteiger charge is 1.98. The number of carbonyl (C=O) groups excluding carboxylic acids is 1. The fraction of sp³-hybridized carbons (Fsp3) is 0.0667. The Morgan fingerprint density at radius 2 is 1.78 bits per heavy atom. The third kappa shape index (κ3) is 3.26. The highest BCUT2D eigenvalue weighted by Crippen LogP contribution is 2.15. The van der Waals surface area contributed by atoms with E-state index in [9.17, 15) is 4.79 Å². The summed E-state index contributed by atoms with van der Waals surface area (Å²) in [5.74, 6) is 0.0723. The molecule has 18 heavy (non-hydrogen) atoms. The second-order valence-corrected chi connectivity index (χ2v) is 5.04. The molecule has 0 fully saturated rings. The molecule has 2 nitrogen and oxygen atoms in total. The van der Waals surface area contributed by atoms with Crippen molar-refractivity contribution in [2.75, 3.05) is 0 Å². The van der Waals surface area contributed by atoms with Gasteiger partial charge in [0.25, 0.3) is 0 Å². The minimum absolute atomic E-state index is 0.0723. The quantitative estimate of drug-likeness (QED) is 0.463. The minimum atomic E-state index is 0.0723. The summed E-state index contributed by atoms with van der Waals surface area (Å²) in [6, 6.07) is 15.3. The van der Waals surface area contributed by atoms with Gasteiger partial charge in [-0.25, -0.2) is 0 Å². The number of carbonyl (C=O) groups is 1. The fourth-order valence-electron chi connectivity index (χ4n) is 1.51. The summed E-state index contributed by atoms with van der Waals surface area (Å²) in [5.41, 5.74) is 2.65. The lowest BCUT2D eigenvalue weighted by Crippen LogP contribution is -1.89. The molecular formula is C15H12INO. The molecule has 0 radical (unpaired) electrons. The average molecular weight is 349 g/mol. The molecule has 90 valence electrons. The second-order valence-electron chi connectivity index (χ2n) is 3.88. The van der Waals surface area contributed by atoms with Crippen LogP contribution in [0.3, 0.4) is 0 Å². The van der Waals surface area contributed by atoms with Crippen molar-refractivity contribution >= 4 is 40.3 Å². The number of halogens is 1. The first-order chi connectivity index (χ1) is 8.66. The molecule has 0 heterocycles. The molecule has 2 rings (SSSR count). The van der Waals surface area contributed by atoms with Gasteiger partial charge in [-0.15, -0.1) is 0 Å². The molecule has 0 unspecified atom stereocenters. The van der Waals surface area contributed by atoms with Crippen molar-refractivity contribution in [1.29, 1.82) is 0 Å². The van der Waals surface area contributed by atoms with Crippen LogP contribution >= 0.6 is 22.6 Å². The Kier molecular flexibility index (Phi) is 4.25. The summed E-state index contributed by atoms with van der Waals surface area (Å²) in [4.78, 5) is 15.5.